The van der Waals surface area contributed by atoms with E-state index in [1.165, 1.54) is 0 Å². The van der Waals surface area contributed by atoms with Crippen LogP contribution in [0, 0.1) is 11.3 Å². The smallest absolute Gasteiger partial charge is 0.410 e. The lowest BCUT2D eigenvalue weighted by Gasteiger charge is -2.32. The molecule has 5 nitrogen and oxygen atoms in total. The Labute approximate surface area is 90.0 Å². The summed E-state index contributed by atoms with van der Waals surface area (Å²) in [7, 11) is 0. The van der Waals surface area contributed by atoms with Gasteiger partial charge in [-0.1, -0.05) is 0 Å². The number of nitriles is 1. The average Bonchev–Trinajstić information content (AvgIpc) is 2.15. The summed E-state index contributed by atoms with van der Waals surface area (Å²) in [6.07, 6.45) is -0.343. The van der Waals surface area contributed by atoms with Gasteiger partial charge in [-0.25, -0.2) is 4.79 Å². The number of carbonyl (C=O) groups is 1. The highest BCUT2D eigenvalue weighted by Gasteiger charge is 2.26. The van der Waals surface area contributed by atoms with E-state index in [9.17, 15) is 4.79 Å². The van der Waals surface area contributed by atoms with Crippen LogP contribution in [0.4, 0.5) is 4.79 Å². The first-order chi connectivity index (χ1) is 6.92. The highest BCUT2D eigenvalue weighted by molar-refractivity contribution is 5.68. The van der Waals surface area contributed by atoms with Crippen molar-refractivity contribution in [3.05, 3.63) is 0 Å². The minimum absolute atomic E-state index is 0.286. The molecule has 0 bridgehead atoms. The van der Waals surface area contributed by atoms with Gasteiger partial charge in [0, 0.05) is 13.1 Å². The van der Waals surface area contributed by atoms with Gasteiger partial charge >= 0.3 is 6.09 Å². The van der Waals surface area contributed by atoms with Gasteiger partial charge in [0.15, 0.2) is 0 Å². The third kappa shape index (κ3) is 3.76. The maximum absolute atomic E-state index is 11.6. The molecule has 0 aliphatic carbocycles. The quantitative estimate of drug-likeness (QED) is 0.641. The summed E-state index contributed by atoms with van der Waals surface area (Å²) >= 11 is 0. The zero-order valence-corrected chi connectivity index (χ0v) is 9.41. The molecule has 0 radical (unpaired) electrons. The van der Waals surface area contributed by atoms with Crippen molar-refractivity contribution in [1.29, 1.82) is 5.26 Å². The monoisotopic (exact) mass is 211 g/mol. The molecule has 1 unspecified atom stereocenters. The number of nitrogens with one attached hydrogen (secondary N) is 1. The Balaban J connectivity index is 2.50. The molecule has 0 aromatic heterocycles. The molecule has 0 aromatic carbocycles. The molecule has 0 aromatic rings. The standard InChI is InChI=1S/C10H17N3O2/c1-10(2,3)15-9(14)13-5-4-12-8(6-11)7-13/h8,12H,4-5,7H2,1-3H3. The number of ether oxygens (including phenoxy) is 1. The Morgan fingerprint density at radius 3 is 2.80 bits per heavy atom. The van der Waals surface area contributed by atoms with Crippen molar-refractivity contribution in [3.8, 4) is 6.07 Å². The maximum Gasteiger partial charge on any atom is 0.410 e. The zero-order chi connectivity index (χ0) is 11.5. The minimum Gasteiger partial charge on any atom is -0.444 e. The molecule has 1 heterocycles. The molecule has 1 rings (SSSR count). The van der Waals surface area contributed by atoms with Gasteiger partial charge in [0.2, 0.25) is 0 Å². The Kier molecular flexibility index (Phi) is 3.53. The molecule has 1 aliphatic heterocycles. The van der Waals surface area contributed by atoms with Gasteiger partial charge in [0.1, 0.15) is 11.6 Å². The van der Waals surface area contributed by atoms with Crippen molar-refractivity contribution in [1.82, 2.24) is 10.2 Å². The number of hydrogen-bond donors (Lipinski definition) is 1. The van der Waals surface area contributed by atoms with E-state index in [0.29, 0.717) is 19.6 Å². The molecule has 1 amide bonds. The summed E-state index contributed by atoms with van der Waals surface area (Å²) in [5, 5.41) is 11.7. The van der Waals surface area contributed by atoms with Crippen molar-refractivity contribution in [2.75, 3.05) is 19.6 Å². The van der Waals surface area contributed by atoms with Crippen LogP contribution in [-0.4, -0.2) is 42.3 Å². The molecule has 1 atom stereocenters. The summed E-state index contributed by atoms with van der Waals surface area (Å²) in [6, 6.07) is 1.81. The highest BCUT2D eigenvalue weighted by atomic mass is 16.6. The molecule has 1 fully saturated rings. The zero-order valence-electron chi connectivity index (χ0n) is 9.41. The summed E-state index contributed by atoms with van der Waals surface area (Å²) < 4.78 is 5.22. The summed E-state index contributed by atoms with van der Waals surface area (Å²) in [4.78, 5) is 13.2. The van der Waals surface area contributed by atoms with Gasteiger partial charge in [-0.05, 0) is 20.8 Å². The van der Waals surface area contributed by atoms with E-state index >= 15 is 0 Å². The van der Waals surface area contributed by atoms with Crippen molar-refractivity contribution >= 4 is 6.09 Å². The van der Waals surface area contributed by atoms with E-state index in [1.54, 1.807) is 4.90 Å². The Morgan fingerprint density at radius 2 is 2.27 bits per heavy atom. The SMILES string of the molecule is CC(C)(C)OC(=O)N1CCNC(C#N)C1. The number of piperazine rings is 1. The van der Waals surface area contributed by atoms with Crippen LogP contribution < -0.4 is 5.32 Å². The van der Waals surface area contributed by atoms with Crippen molar-refractivity contribution in [2.24, 2.45) is 0 Å². The van der Waals surface area contributed by atoms with Crippen molar-refractivity contribution in [3.63, 3.8) is 0 Å². The lowest BCUT2D eigenvalue weighted by molar-refractivity contribution is 0.0212. The third-order valence-corrected chi connectivity index (χ3v) is 1.98. The van der Waals surface area contributed by atoms with Crippen LogP contribution in [0.15, 0.2) is 0 Å². The molecule has 1 aliphatic rings. The normalized spacial score (nSPS) is 22.0. The minimum atomic E-state index is -0.482. The number of carbonyl (C=O) groups excluding carboxylic acids is 1. The molecule has 0 saturated carbocycles. The fourth-order valence-corrected chi connectivity index (χ4v) is 1.33. The molecule has 1 N–H and O–H groups in total. The van der Waals surface area contributed by atoms with E-state index in [-0.39, 0.29) is 12.1 Å². The fraction of sp³-hybridized carbons (Fsp3) is 0.800. The fourth-order valence-electron chi connectivity index (χ4n) is 1.33. The third-order valence-electron chi connectivity index (χ3n) is 1.98. The van der Waals surface area contributed by atoms with Crippen LogP contribution >= 0.6 is 0 Å². The van der Waals surface area contributed by atoms with E-state index < -0.39 is 5.60 Å². The van der Waals surface area contributed by atoms with Gasteiger partial charge in [-0.2, -0.15) is 5.26 Å². The van der Waals surface area contributed by atoms with E-state index in [2.05, 4.69) is 11.4 Å². The molecule has 5 heteroatoms. The van der Waals surface area contributed by atoms with Crippen LogP contribution in [0.1, 0.15) is 20.8 Å². The van der Waals surface area contributed by atoms with E-state index in [0.717, 1.165) is 0 Å². The van der Waals surface area contributed by atoms with E-state index in [4.69, 9.17) is 10.00 Å². The second-order valence-electron chi connectivity index (χ2n) is 4.56. The lowest BCUT2D eigenvalue weighted by atomic mass is 10.2. The van der Waals surface area contributed by atoms with Gasteiger partial charge in [-0.15, -0.1) is 0 Å². The van der Waals surface area contributed by atoms with Gasteiger partial charge in [-0.3, -0.25) is 5.32 Å². The predicted octanol–water partition coefficient (Wildman–Crippen LogP) is 0.719. The Bertz CT molecular complexity index is 277. The van der Waals surface area contributed by atoms with Gasteiger partial charge in [0.05, 0.1) is 12.6 Å². The number of amides is 1. The van der Waals surface area contributed by atoms with Crippen LogP contribution in [0.25, 0.3) is 0 Å². The molecule has 0 spiro atoms. The summed E-state index contributed by atoms with van der Waals surface area (Å²) in [5.41, 5.74) is -0.482. The average molecular weight is 211 g/mol. The molecular formula is C10H17N3O2. The molecular weight excluding hydrogens is 194 g/mol. The van der Waals surface area contributed by atoms with Crippen LogP contribution in [0.2, 0.25) is 0 Å². The highest BCUT2D eigenvalue weighted by Crippen LogP contribution is 2.11. The molecule has 15 heavy (non-hydrogen) atoms. The lowest BCUT2D eigenvalue weighted by Crippen LogP contribution is -2.53. The van der Waals surface area contributed by atoms with Crippen LogP contribution in [0.5, 0.6) is 0 Å². The number of rotatable bonds is 0. The first-order valence-corrected chi connectivity index (χ1v) is 5.03. The first-order valence-electron chi connectivity index (χ1n) is 5.03. The van der Waals surface area contributed by atoms with Gasteiger partial charge in [0.25, 0.3) is 0 Å². The molecule has 1 saturated heterocycles. The second-order valence-corrected chi connectivity index (χ2v) is 4.56. The largest absolute Gasteiger partial charge is 0.444 e. The Hall–Kier alpha value is -1.28. The first kappa shape index (κ1) is 11.8. The predicted molar refractivity (Wildman–Crippen MR) is 55.2 cm³/mol. The van der Waals surface area contributed by atoms with E-state index in [1.807, 2.05) is 20.8 Å². The van der Waals surface area contributed by atoms with Crippen LogP contribution in [0.3, 0.4) is 0 Å². The summed E-state index contributed by atoms with van der Waals surface area (Å²) in [6.45, 7) is 7.11. The van der Waals surface area contributed by atoms with Gasteiger partial charge < -0.3 is 9.64 Å². The van der Waals surface area contributed by atoms with Crippen molar-refractivity contribution < 1.29 is 9.53 Å². The topological polar surface area (TPSA) is 65.4 Å². The number of nitrogens with zero attached hydrogens (tertiary/aromatic N) is 2. The maximum atomic E-state index is 11.6. The summed E-state index contributed by atoms with van der Waals surface area (Å²) in [5.74, 6) is 0. The molecule has 84 valence electrons. The van der Waals surface area contributed by atoms with Crippen LogP contribution in [-0.2, 0) is 4.74 Å². The Morgan fingerprint density at radius 1 is 1.60 bits per heavy atom. The van der Waals surface area contributed by atoms with Crippen molar-refractivity contribution in [2.45, 2.75) is 32.4 Å². The second kappa shape index (κ2) is 4.49. The number of hydrogen-bond acceptors (Lipinski definition) is 4.